The quantitative estimate of drug-likeness (QED) is 0.545. The summed E-state index contributed by atoms with van der Waals surface area (Å²) in [5, 5.41) is 3.19. The molecule has 1 aromatic carbocycles. The van der Waals surface area contributed by atoms with Crippen LogP contribution in [0.25, 0.3) is 21.3 Å². The maximum atomic E-state index is 4.42. The van der Waals surface area contributed by atoms with Gasteiger partial charge >= 0.3 is 0 Å². The molecule has 87 valence electrons. The molecule has 1 radical (unpaired) electrons. The third-order valence-corrected chi connectivity index (χ3v) is 3.52. The summed E-state index contributed by atoms with van der Waals surface area (Å²) in [6.07, 6.45) is 1.83. The Balaban J connectivity index is 0.00000108. The predicted molar refractivity (Wildman–Crippen MR) is 68.6 cm³/mol. The number of hydrogen-bond acceptors (Lipinski definition) is 2. The summed E-state index contributed by atoms with van der Waals surface area (Å²) in [6.45, 7) is 2.12. The van der Waals surface area contributed by atoms with Crippen molar-refractivity contribution < 1.29 is 20.1 Å². The molecule has 3 aromatic rings. The van der Waals surface area contributed by atoms with Crippen LogP contribution in [0.4, 0.5) is 0 Å². The van der Waals surface area contributed by atoms with E-state index in [1.807, 2.05) is 29.8 Å². The smallest absolute Gasteiger partial charge is 0.0262 e. The van der Waals surface area contributed by atoms with Crippen molar-refractivity contribution in [1.29, 1.82) is 0 Å². The first-order valence-corrected chi connectivity index (χ1v) is 6.04. The van der Waals surface area contributed by atoms with Gasteiger partial charge in [0.05, 0.1) is 0 Å². The minimum absolute atomic E-state index is 0. The van der Waals surface area contributed by atoms with E-state index in [4.69, 9.17) is 0 Å². The fraction of sp³-hybridized carbons (Fsp3) is 0.0714. The van der Waals surface area contributed by atoms with Crippen LogP contribution in [0.15, 0.2) is 41.9 Å². The zero-order valence-corrected chi connectivity index (χ0v) is 12.4. The maximum absolute atomic E-state index is 4.42. The largest absolute Gasteiger partial charge is 0.270 e. The third-order valence-electron chi connectivity index (χ3n) is 2.69. The van der Waals surface area contributed by atoms with Crippen LogP contribution in [-0.2, 0) is 20.1 Å². The molecule has 0 fully saturated rings. The molecule has 1 nitrogen and oxygen atoms in total. The number of aryl methyl sites for hydroxylation is 1. The molecule has 2 heterocycles. The summed E-state index contributed by atoms with van der Waals surface area (Å²) in [6, 6.07) is 13.6. The number of rotatable bonds is 1. The molecule has 0 aliphatic rings. The normalized spacial score (nSPS) is 10.2. The van der Waals surface area contributed by atoms with Gasteiger partial charge in [-0.25, -0.2) is 11.3 Å². The maximum Gasteiger partial charge on any atom is 0.0262 e. The fourth-order valence-corrected chi connectivity index (χ4v) is 2.65. The zero-order valence-electron chi connectivity index (χ0n) is 9.23. The Hall–Kier alpha value is -1.02. The van der Waals surface area contributed by atoms with E-state index >= 15 is 0 Å². The van der Waals surface area contributed by atoms with Crippen LogP contribution in [-0.4, -0.2) is 4.98 Å². The molecule has 0 bridgehead atoms. The molecule has 0 spiro atoms. The van der Waals surface area contributed by atoms with Crippen LogP contribution in [0.5, 0.6) is 0 Å². The number of hydrogen-bond donors (Lipinski definition) is 0. The second-order valence-electron chi connectivity index (χ2n) is 3.73. The number of pyridine rings is 1. The molecule has 0 atom stereocenters. The van der Waals surface area contributed by atoms with E-state index in [2.05, 4.69) is 30.1 Å². The van der Waals surface area contributed by atoms with E-state index < -0.39 is 0 Å². The monoisotopic (exact) mass is 417 g/mol. The van der Waals surface area contributed by atoms with Crippen molar-refractivity contribution in [2.75, 3.05) is 0 Å². The van der Waals surface area contributed by atoms with Crippen molar-refractivity contribution in [3.05, 3.63) is 53.5 Å². The summed E-state index contributed by atoms with van der Waals surface area (Å²) in [5.41, 5.74) is 3.49. The Morgan fingerprint density at radius 3 is 2.82 bits per heavy atom. The number of aromatic nitrogens is 1. The molecular formula is C14H10IrNS-. The van der Waals surface area contributed by atoms with Crippen molar-refractivity contribution in [1.82, 2.24) is 4.98 Å². The average molecular weight is 417 g/mol. The molecule has 0 saturated carbocycles. The van der Waals surface area contributed by atoms with Gasteiger partial charge in [-0.05, 0) is 12.1 Å². The van der Waals surface area contributed by atoms with Crippen molar-refractivity contribution in [2.24, 2.45) is 0 Å². The SMILES string of the molecule is Cc1ccc2sc[c-]c2c1-c1ccccn1.[Ir]. The minimum atomic E-state index is 0. The molecule has 0 amide bonds. The van der Waals surface area contributed by atoms with Gasteiger partial charge in [0, 0.05) is 32.0 Å². The summed E-state index contributed by atoms with van der Waals surface area (Å²) in [4.78, 5) is 4.42. The molecule has 3 heteroatoms. The topological polar surface area (TPSA) is 12.9 Å². The standard InChI is InChI=1S/C14H10NS.Ir/c1-10-5-6-13-11(7-9-16-13)14(10)12-4-2-3-8-15-12;/h2-6,8-9H,1H3;/q-1;. The fourth-order valence-electron chi connectivity index (χ4n) is 1.92. The number of nitrogens with zero attached hydrogens (tertiary/aromatic N) is 1. The van der Waals surface area contributed by atoms with Crippen LogP contribution >= 0.6 is 11.3 Å². The first-order valence-electron chi connectivity index (χ1n) is 5.16. The molecular weight excluding hydrogens is 406 g/mol. The van der Waals surface area contributed by atoms with Gasteiger partial charge in [0.25, 0.3) is 0 Å². The molecule has 0 aliphatic heterocycles. The van der Waals surface area contributed by atoms with E-state index in [0.717, 1.165) is 5.69 Å². The average Bonchev–Trinajstić information content (AvgIpc) is 2.78. The summed E-state index contributed by atoms with van der Waals surface area (Å²) >= 11 is 1.72. The minimum Gasteiger partial charge on any atom is -0.270 e. The van der Waals surface area contributed by atoms with E-state index in [1.165, 1.54) is 21.2 Å². The van der Waals surface area contributed by atoms with Crippen LogP contribution in [0, 0.1) is 13.0 Å². The van der Waals surface area contributed by atoms with Gasteiger partial charge in [0.15, 0.2) is 0 Å². The Morgan fingerprint density at radius 2 is 2.06 bits per heavy atom. The molecule has 2 aromatic heterocycles. The summed E-state index contributed by atoms with van der Waals surface area (Å²) in [7, 11) is 0. The molecule has 0 unspecified atom stereocenters. The second kappa shape index (κ2) is 5.09. The second-order valence-corrected chi connectivity index (χ2v) is 4.64. The molecule has 0 saturated heterocycles. The Bertz CT molecular complexity index is 631. The first-order chi connectivity index (χ1) is 7.86. The van der Waals surface area contributed by atoms with Gasteiger partial charge in [-0.3, -0.25) is 4.98 Å². The van der Waals surface area contributed by atoms with Crippen LogP contribution in [0.1, 0.15) is 5.56 Å². The van der Waals surface area contributed by atoms with Gasteiger partial charge in [0.1, 0.15) is 0 Å². The first kappa shape index (κ1) is 12.4. The van der Waals surface area contributed by atoms with Crippen LogP contribution in [0.2, 0.25) is 0 Å². The molecule has 3 rings (SSSR count). The summed E-state index contributed by atoms with van der Waals surface area (Å²) in [5.74, 6) is 0. The van der Waals surface area contributed by atoms with E-state index in [-0.39, 0.29) is 20.1 Å². The van der Waals surface area contributed by atoms with Gasteiger partial charge in [0.2, 0.25) is 0 Å². The van der Waals surface area contributed by atoms with Crippen LogP contribution < -0.4 is 0 Å². The van der Waals surface area contributed by atoms with Gasteiger partial charge < -0.3 is 0 Å². The number of fused-ring (bicyclic) bond motifs is 1. The third kappa shape index (κ3) is 2.19. The Labute approximate surface area is 118 Å². The summed E-state index contributed by atoms with van der Waals surface area (Å²) < 4.78 is 1.27. The van der Waals surface area contributed by atoms with E-state index in [1.54, 1.807) is 11.3 Å². The molecule has 0 N–H and O–H groups in total. The van der Waals surface area contributed by atoms with E-state index in [0.29, 0.717) is 0 Å². The zero-order chi connectivity index (χ0) is 11.0. The molecule has 0 aliphatic carbocycles. The Kier molecular flexibility index (Phi) is 3.72. The van der Waals surface area contributed by atoms with Gasteiger partial charge in [-0.15, -0.1) is 6.07 Å². The van der Waals surface area contributed by atoms with Gasteiger partial charge in [-0.2, -0.15) is 11.5 Å². The predicted octanol–water partition coefficient (Wildman–Crippen LogP) is 4.07. The van der Waals surface area contributed by atoms with Gasteiger partial charge in [-0.1, -0.05) is 40.3 Å². The van der Waals surface area contributed by atoms with Crippen molar-refractivity contribution in [3.8, 4) is 11.3 Å². The molecule has 17 heavy (non-hydrogen) atoms. The van der Waals surface area contributed by atoms with E-state index in [9.17, 15) is 0 Å². The van der Waals surface area contributed by atoms with Crippen molar-refractivity contribution in [2.45, 2.75) is 6.92 Å². The number of benzene rings is 1. The van der Waals surface area contributed by atoms with Crippen LogP contribution in [0.3, 0.4) is 0 Å². The van der Waals surface area contributed by atoms with Crippen molar-refractivity contribution in [3.63, 3.8) is 0 Å². The van der Waals surface area contributed by atoms with Crippen molar-refractivity contribution >= 4 is 21.4 Å². The Morgan fingerprint density at radius 1 is 1.18 bits per heavy atom. The number of thiophene rings is 1.